The van der Waals surface area contributed by atoms with Crippen LogP contribution in [0.5, 0.6) is 0 Å². The monoisotopic (exact) mass is 356 g/mol. The predicted molar refractivity (Wildman–Crippen MR) is 85.0 cm³/mol. The van der Waals surface area contributed by atoms with Gasteiger partial charge in [-0.1, -0.05) is 57.3 Å². The van der Waals surface area contributed by atoms with E-state index in [1.807, 2.05) is 42.5 Å². The number of nitrogens with one attached hydrogen (secondary N) is 1. The molecule has 0 saturated carbocycles. The zero-order valence-electron chi connectivity index (χ0n) is 9.91. The summed E-state index contributed by atoms with van der Waals surface area (Å²) in [6.07, 6.45) is 1.75. The van der Waals surface area contributed by atoms with E-state index in [0.717, 1.165) is 15.6 Å². The van der Waals surface area contributed by atoms with Gasteiger partial charge in [-0.25, -0.2) is 0 Å². The summed E-state index contributed by atoms with van der Waals surface area (Å²) in [5.41, 5.74) is 4.80. The molecule has 0 bridgehead atoms. The number of hydrazone groups is 1. The highest BCUT2D eigenvalue weighted by atomic mass is 79.9. The van der Waals surface area contributed by atoms with Gasteiger partial charge in [0.15, 0.2) is 0 Å². The summed E-state index contributed by atoms with van der Waals surface area (Å²) in [5.74, 6) is 0. The molecule has 0 aromatic heterocycles. The van der Waals surface area contributed by atoms with Gasteiger partial charge in [-0.15, -0.1) is 0 Å². The lowest BCUT2D eigenvalue weighted by Gasteiger charge is -2.05. The Morgan fingerprint density at radius 2 is 1.68 bits per heavy atom. The molecule has 2 rings (SSSR count). The molecule has 0 aliphatic rings. The molecule has 0 amide bonds. The van der Waals surface area contributed by atoms with Crippen LogP contribution in [0.25, 0.3) is 0 Å². The molecule has 0 spiro atoms. The fourth-order valence-electron chi connectivity index (χ4n) is 1.49. The van der Waals surface area contributed by atoms with Gasteiger partial charge in [0.05, 0.1) is 12.8 Å². The van der Waals surface area contributed by atoms with Gasteiger partial charge in [0.25, 0.3) is 0 Å². The molecule has 19 heavy (non-hydrogen) atoms. The SMILES string of the molecule is Clc1cccc(Cl)c1CN/N=C/c1ccc(Br)cc1. The minimum atomic E-state index is 0.492. The van der Waals surface area contributed by atoms with Crippen LogP contribution in [0, 0.1) is 0 Å². The minimum absolute atomic E-state index is 0.492. The molecule has 98 valence electrons. The molecular weight excluding hydrogens is 347 g/mol. The van der Waals surface area contributed by atoms with Gasteiger partial charge in [0.2, 0.25) is 0 Å². The molecule has 0 saturated heterocycles. The zero-order chi connectivity index (χ0) is 13.7. The van der Waals surface area contributed by atoms with Crippen LogP contribution >= 0.6 is 39.1 Å². The smallest absolute Gasteiger partial charge is 0.0609 e. The van der Waals surface area contributed by atoms with Gasteiger partial charge in [-0.3, -0.25) is 0 Å². The third-order valence-electron chi connectivity index (χ3n) is 2.49. The van der Waals surface area contributed by atoms with E-state index in [1.54, 1.807) is 6.21 Å². The summed E-state index contributed by atoms with van der Waals surface area (Å²) in [6.45, 7) is 0.492. The highest BCUT2D eigenvalue weighted by Crippen LogP contribution is 2.23. The van der Waals surface area contributed by atoms with E-state index in [1.165, 1.54) is 0 Å². The third-order valence-corrected chi connectivity index (χ3v) is 3.73. The molecule has 0 fully saturated rings. The lowest BCUT2D eigenvalue weighted by molar-refractivity contribution is 0.748. The average Bonchev–Trinajstić information content (AvgIpc) is 2.39. The van der Waals surface area contributed by atoms with Crippen molar-refractivity contribution in [1.29, 1.82) is 0 Å². The van der Waals surface area contributed by atoms with E-state index in [0.29, 0.717) is 16.6 Å². The first-order valence-corrected chi connectivity index (χ1v) is 7.16. The van der Waals surface area contributed by atoms with Gasteiger partial charge in [0.1, 0.15) is 0 Å². The second kappa shape index (κ2) is 6.94. The fraction of sp³-hybridized carbons (Fsp3) is 0.0714. The third kappa shape index (κ3) is 4.23. The van der Waals surface area contributed by atoms with Crippen molar-refractivity contribution in [2.45, 2.75) is 6.54 Å². The molecule has 2 aromatic rings. The molecule has 0 radical (unpaired) electrons. The molecule has 0 heterocycles. The highest BCUT2D eigenvalue weighted by Gasteiger charge is 2.03. The number of rotatable bonds is 4. The lowest BCUT2D eigenvalue weighted by atomic mass is 10.2. The van der Waals surface area contributed by atoms with Crippen LogP contribution in [0.1, 0.15) is 11.1 Å². The topological polar surface area (TPSA) is 24.4 Å². The Bertz CT molecular complexity index is 562. The Morgan fingerprint density at radius 1 is 1.05 bits per heavy atom. The first-order valence-electron chi connectivity index (χ1n) is 5.61. The maximum absolute atomic E-state index is 6.06. The van der Waals surface area contributed by atoms with Crippen molar-refractivity contribution in [3.63, 3.8) is 0 Å². The Balaban J connectivity index is 1.95. The van der Waals surface area contributed by atoms with E-state index in [-0.39, 0.29) is 0 Å². The highest BCUT2D eigenvalue weighted by molar-refractivity contribution is 9.10. The van der Waals surface area contributed by atoms with Crippen molar-refractivity contribution in [3.05, 3.63) is 68.1 Å². The summed E-state index contributed by atoms with van der Waals surface area (Å²) in [6, 6.07) is 13.3. The van der Waals surface area contributed by atoms with Crippen LogP contribution < -0.4 is 5.43 Å². The Labute approximate surface area is 130 Å². The van der Waals surface area contributed by atoms with Gasteiger partial charge in [-0.2, -0.15) is 5.10 Å². The van der Waals surface area contributed by atoms with Crippen LogP contribution in [0.15, 0.2) is 52.0 Å². The van der Waals surface area contributed by atoms with Gasteiger partial charge < -0.3 is 5.43 Å². The predicted octanol–water partition coefficient (Wildman–Crippen LogP) is 4.88. The average molecular weight is 358 g/mol. The van der Waals surface area contributed by atoms with Crippen LogP contribution in [-0.2, 0) is 6.54 Å². The normalized spacial score (nSPS) is 10.9. The number of halogens is 3. The van der Waals surface area contributed by atoms with Gasteiger partial charge in [-0.05, 0) is 29.8 Å². The Hall–Kier alpha value is -1.03. The second-order valence-corrected chi connectivity index (χ2v) is 5.57. The van der Waals surface area contributed by atoms with Crippen molar-refractivity contribution < 1.29 is 0 Å². The molecule has 2 aromatic carbocycles. The van der Waals surface area contributed by atoms with Crippen LogP contribution in [-0.4, -0.2) is 6.21 Å². The number of benzene rings is 2. The summed E-state index contributed by atoms with van der Waals surface area (Å²) >= 11 is 15.5. The standard InChI is InChI=1S/C14H11BrCl2N2/c15-11-6-4-10(5-7-11)8-18-19-9-12-13(16)2-1-3-14(12)17/h1-8,19H,9H2/b18-8+. The first kappa shape index (κ1) is 14.4. The van der Waals surface area contributed by atoms with Gasteiger partial charge in [0, 0.05) is 20.1 Å². The zero-order valence-corrected chi connectivity index (χ0v) is 13.0. The molecule has 0 aliphatic heterocycles. The Morgan fingerprint density at radius 3 is 2.32 bits per heavy atom. The van der Waals surface area contributed by atoms with Crippen molar-refractivity contribution in [2.75, 3.05) is 0 Å². The molecule has 5 heteroatoms. The van der Waals surface area contributed by atoms with E-state index >= 15 is 0 Å². The Kier molecular flexibility index (Phi) is 5.25. The van der Waals surface area contributed by atoms with Crippen LogP contribution in [0.2, 0.25) is 10.0 Å². The molecular formula is C14H11BrCl2N2. The number of hydrogen-bond donors (Lipinski definition) is 1. The van der Waals surface area contributed by atoms with Crippen LogP contribution in [0.4, 0.5) is 0 Å². The molecule has 0 aliphatic carbocycles. The van der Waals surface area contributed by atoms with Crippen molar-refractivity contribution in [2.24, 2.45) is 5.10 Å². The number of hydrogen-bond acceptors (Lipinski definition) is 2. The van der Waals surface area contributed by atoms with Gasteiger partial charge >= 0.3 is 0 Å². The summed E-state index contributed by atoms with van der Waals surface area (Å²) in [5, 5.41) is 5.42. The summed E-state index contributed by atoms with van der Waals surface area (Å²) in [4.78, 5) is 0. The summed E-state index contributed by atoms with van der Waals surface area (Å²) < 4.78 is 1.04. The fourth-order valence-corrected chi connectivity index (χ4v) is 2.29. The first-order chi connectivity index (χ1) is 9.16. The number of nitrogens with zero attached hydrogens (tertiary/aromatic N) is 1. The molecule has 2 nitrogen and oxygen atoms in total. The quantitative estimate of drug-likeness (QED) is 0.612. The van der Waals surface area contributed by atoms with Crippen molar-refractivity contribution in [3.8, 4) is 0 Å². The summed E-state index contributed by atoms with van der Waals surface area (Å²) in [7, 11) is 0. The lowest BCUT2D eigenvalue weighted by Crippen LogP contribution is -2.06. The maximum Gasteiger partial charge on any atom is 0.0609 e. The van der Waals surface area contributed by atoms with E-state index < -0.39 is 0 Å². The maximum atomic E-state index is 6.06. The molecule has 0 unspecified atom stereocenters. The van der Waals surface area contributed by atoms with Crippen molar-refractivity contribution >= 4 is 45.3 Å². The minimum Gasteiger partial charge on any atom is -0.306 e. The van der Waals surface area contributed by atoms with Crippen molar-refractivity contribution in [1.82, 2.24) is 5.43 Å². The van der Waals surface area contributed by atoms with E-state index in [9.17, 15) is 0 Å². The van der Waals surface area contributed by atoms with E-state index in [2.05, 4.69) is 26.5 Å². The van der Waals surface area contributed by atoms with Crippen LogP contribution in [0.3, 0.4) is 0 Å². The molecule has 1 N–H and O–H groups in total. The second-order valence-electron chi connectivity index (χ2n) is 3.84. The van der Waals surface area contributed by atoms with E-state index in [4.69, 9.17) is 23.2 Å². The molecule has 0 atom stereocenters. The largest absolute Gasteiger partial charge is 0.306 e.